The Morgan fingerprint density at radius 1 is 0.538 bits per heavy atom. The molecule has 0 saturated carbocycles. The summed E-state index contributed by atoms with van der Waals surface area (Å²) in [5.74, 6) is -0.203. The molecular weight excluding hydrogens is 815 g/mol. The number of amides is 1. The van der Waals surface area contributed by atoms with Crippen LogP contribution in [0.15, 0.2) is 72.9 Å². The molecule has 1 saturated heterocycles. The van der Waals surface area contributed by atoms with Crippen molar-refractivity contribution in [2.45, 2.75) is 262 Å². The van der Waals surface area contributed by atoms with Gasteiger partial charge in [-0.2, -0.15) is 0 Å². The third kappa shape index (κ3) is 35.4. The normalized spacial score (nSPS) is 20.5. The van der Waals surface area contributed by atoms with E-state index in [-0.39, 0.29) is 12.5 Å². The molecule has 0 aromatic rings. The zero-order chi connectivity index (χ0) is 47.3. The Bertz CT molecular complexity index is 1240. The second kappa shape index (κ2) is 45.4. The Kier molecular flexibility index (Phi) is 42.4. The number of rotatable bonds is 44. The van der Waals surface area contributed by atoms with Crippen molar-refractivity contribution < 1.29 is 39.8 Å². The molecule has 65 heavy (non-hydrogen) atoms. The van der Waals surface area contributed by atoms with Gasteiger partial charge in [-0.3, -0.25) is 4.79 Å². The van der Waals surface area contributed by atoms with Crippen LogP contribution < -0.4 is 5.32 Å². The van der Waals surface area contributed by atoms with E-state index in [1.165, 1.54) is 122 Å². The van der Waals surface area contributed by atoms with Gasteiger partial charge in [-0.25, -0.2) is 0 Å². The van der Waals surface area contributed by atoms with E-state index in [0.717, 1.165) is 77.0 Å². The minimum atomic E-state index is -1.58. The van der Waals surface area contributed by atoms with Gasteiger partial charge < -0.3 is 40.3 Å². The zero-order valence-electron chi connectivity index (χ0n) is 41.5. The SMILES string of the molecule is CC/C=C\C/C=C\C/C=C\CCCCCCCCCC(=O)NC(COC1OC(CO)C(O)C(O)C1O)C(O)/C=C/CC/C=C/CC/C=C/CCCCCCCCCCCCCCCCC. The lowest BCUT2D eigenvalue weighted by Crippen LogP contribution is -2.60. The molecule has 0 aromatic carbocycles. The van der Waals surface area contributed by atoms with Gasteiger partial charge in [0.25, 0.3) is 0 Å². The van der Waals surface area contributed by atoms with E-state index in [9.17, 15) is 30.3 Å². The van der Waals surface area contributed by atoms with Gasteiger partial charge in [0.15, 0.2) is 6.29 Å². The third-order valence-corrected chi connectivity index (χ3v) is 12.2. The molecule has 0 radical (unpaired) electrons. The van der Waals surface area contributed by atoms with Crippen molar-refractivity contribution in [1.82, 2.24) is 5.32 Å². The maximum absolute atomic E-state index is 13.0. The van der Waals surface area contributed by atoms with Crippen molar-refractivity contribution in [2.24, 2.45) is 0 Å². The highest BCUT2D eigenvalue weighted by Crippen LogP contribution is 2.23. The summed E-state index contributed by atoms with van der Waals surface area (Å²) >= 11 is 0. The molecule has 1 aliphatic rings. The number of allylic oxidation sites excluding steroid dienone is 11. The molecule has 376 valence electrons. The fraction of sp³-hybridized carbons (Fsp3) is 0.768. The van der Waals surface area contributed by atoms with E-state index >= 15 is 0 Å². The van der Waals surface area contributed by atoms with Crippen LogP contribution in [0.3, 0.4) is 0 Å². The van der Waals surface area contributed by atoms with Crippen molar-refractivity contribution in [2.75, 3.05) is 13.2 Å². The molecule has 1 aliphatic heterocycles. The fourth-order valence-electron chi connectivity index (χ4n) is 8.03. The summed E-state index contributed by atoms with van der Waals surface area (Å²) in [6.45, 7) is 3.64. The van der Waals surface area contributed by atoms with Crippen molar-refractivity contribution >= 4 is 5.91 Å². The van der Waals surface area contributed by atoms with Crippen LogP contribution in [0, 0.1) is 0 Å². The van der Waals surface area contributed by atoms with Gasteiger partial charge >= 0.3 is 0 Å². The van der Waals surface area contributed by atoms with Gasteiger partial charge in [0.05, 0.1) is 25.4 Å². The van der Waals surface area contributed by atoms with Gasteiger partial charge in [0.1, 0.15) is 24.4 Å². The Hall–Kier alpha value is -2.37. The van der Waals surface area contributed by atoms with E-state index < -0.39 is 49.5 Å². The summed E-state index contributed by atoms with van der Waals surface area (Å²) in [6.07, 6.45) is 55.3. The van der Waals surface area contributed by atoms with Gasteiger partial charge in [-0.05, 0) is 77.0 Å². The molecule has 0 bridgehead atoms. The highest BCUT2D eigenvalue weighted by Gasteiger charge is 2.44. The second-order valence-electron chi connectivity index (χ2n) is 18.3. The van der Waals surface area contributed by atoms with Gasteiger partial charge in [0.2, 0.25) is 5.91 Å². The number of aliphatic hydroxyl groups excluding tert-OH is 5. The molecule has 9 heteroatoms. The van der Waals surface area contributed by atoms with Gasteiger partial charge in [0, 0.05) is 6.42 Å². The number of aliphatic hydroxyl groups is 5. The van der Waals surface area contributed by atoms with Crippen LogP contribution in [0.2, 0.25) is 0 Å². The highest BCUT2D eigenvalue weighted by atomic mass is 16.7. The Labute approximate surface area is 398 Å². The van der Waals surface area contributed by atoms with Crippen molar-refractivity contribution in [3.8, 4) is 0 Å². The quantitative estimate of drug-likeness (QED) is 0.0261. The third-order valence-electron chi connectivity index (χ3n) is 12.2. The number of hydrogen-bond donors (Lipinski definition) is 6. The Balaban J connectivity index is 2.31. The Morgan fingerprint density at radius 2 is 0.969 bits per heavy atom. The smallest absolute Gasteiger partial charge is 0.220 e. The first-order valence-corrected chi connectivity index (χ1v) is 26.7. The van der Waals surface area contributed by atoms with E-state index in [1.807, 2.05) is 6.08 Å². The average molecular weight is 914 g/mol. The molecule has 1 rings (SSSR count). The molecular formula is C56H99NO8. The van der Waals surface area contributed by atoms with Crippen LogP contribution in [-0.4, -0.2) is 87.5 Å². The minimum Gasteiger partial charge on any atom is -0.394 e. The number of hydrogen-bond acceptors (Lipinski definition) is 8. The molecule has 0 spiro atoms. The predicted molar refractivity (Wildman–Crippen MR) is 272 cm³/mol. The first kappa shape index (κ1) is 60.6. The number of nitrogens with one attached hydrogen (secondary N) is 1. The summed E-state index contributed by atoms with van der Waals surface area (Å²) in [4.78, 5) is 13.0. The summed E-state index contributed by atoms with van der Waals surface area (Å²) in [5, 5.41) is 54.4. The van der Waals surface area contributed by atoms with Crippen LogP contribution in [0.25, 0.3) is 0 Å². The largest absolute Gasteiger partial charge is 0.394 e. The summed E-state index contributed by atoms with van der Waals surface area (Å²) in [5.41, 5.74) is 0. The molecule has 7 unspecified atom stereocenters. The van der Waals surface area contributed by atoms with Crippen LogP contribution >= 0.6 is 0 Å². The summed E-state index contributed by atoms with van der Waals surface area (Å²) in [6, 6.07) is -0.837. The lowest BCUT2D eigenvalue weighted by Gasteiger charge is -2.40. The average Bonchev–Trinajstić information content (AvgIpc) is 3.31. The number of carbonyl (C=O) groups excluding carboxylic acids is 1. The maximum Gasteiger partial charge on any atom is 0.220 e. The predicted octanol–water partition coefficient (Wildman–Crippen LogP) is 12.5. The van der Waals surface area contributed by atoms with Crippen molar-refractivity contribution in [1.29, 1.82) is 0 Å². The first-order valence-electron chi connectivity index (χ1n) is 26.7. The van der Waals surface area contributed by atoms with Crippen molar-refractivity contribution in [3.63, 3.8) is 0 Å². The van der Waals surface area contributed by atoms with Crippen LogP contribution in [0.1, 0.15) is 219 Å². The Morgan fingerprint density at radius 3 is 1.48 bits per heavy atom. The number of carbonyl (C=O) groups is 1. The number of unbranched alkanes of at least 4 members (excludes halogenated alkanes) is 24. The molecule has 9 nitrogen and oxygen atoms in total. The first-order chi connectivity index (χ1) is 31.8. The van der Waals surface area contributed by atoms with E-state index in [4.69, 9.17) is 9.47 Å². The standard InChI is InChI=1S/C56H99NO8/c1-3-5-7-9-11-13-15-17-19-21-22-23-24-25-26-27-28-30-31-33-35-37-39-41-43-45-50(59)49(48-64-56-55(63)54(62)53(61)51(47-58)65-56)57-52(60)46-44-42-40-38-36-34-32-29-20-18-16-14-12-10-8-6-4-2/h6,8,12,14,18,20,28,30,35,37,43,45,49-51,53-56,58-59,61-63H,3-5,7,9-11,13,15-17,19,21-27,29,31-34,36,38-42,44,46-48H2,1-2H3,(H,57,60)/b8-6-,14-12-,20-18-,30-28+,37-35+,45-43+. The monoisotopic (exact) mass is 914 g/mol. The molecule has 6 N–H and O–H groups in total. The summed E-state index contributed by atoms with van der Waals surface area (Å²) in [7, 11) is 0. The van der Waals surface area contributed by atoms with Gasteiger partial charge in [-0.15, -0.1) is 0 Å². The second-order valence-corrected chi connectivity index (χ2v) is 18.3. The van der Waals surface area contributed by atoms with E-state index in [1.54, 1.807) is 6.08 Å². The fourth-order valence-corrected chi connectivity index (χ4v) is 8.03. The van der Waals surface area contributed by atoms with Crippen LogP contribution in [0.5, 0.6) is 0 Å². The molecule has 1 heterocycles. The zero-order valence-corrected chi connectivity index (χ0v) is 41.5. The molecule has 1 amide bonds. The van der Waals surface area contributed by atoms with E-state index in [0.29, 0.717) is 6.42 Å². The number of ether oxygens (including phenoxy) is 2. The minimum absolute atomic E-state index is 0.203. The molecule has 0 aromatic heterocycles. The molecule has 7 atom stereocenters. The summed E-state index contributed by atoms with van der Waals surface area (Å²) < 4.78 is 11.2. The highest BCUT2D eigenvalue weighted by molar-refractivity contribution is 5.76. The van der Waals surface area contributed by atoms with Crippen LogP contribution in [0.4, 0.5) is 0 Å². The molecule has 1 fully saturated rings. The lowest BCUT2D eigenvalue weighted by atomic mass is 9.99. The van der Waals surface area contributed by atoms with Crippen molar-refractivity contribution in [3.05, 3.63) is 72.9 Å². The van der Waals surface area contributed by atoms with E-state index in [2.05, 4.69) is 79.9 Å². The topological polar surface area (TPSA) is 149 Å². The maximum atomic E-state index is 13.0. The molecule has 0 aliphatic carbocycles. The lowest BCUT2D eigenvalue weighted by molar-refractivity contribution is -0.302. The van der Waals surface area contributed by atoms with Gasteiger partial charge in [-0.1, -0.05) is 209 Å². The van der Waals surface area contributed by atoms with Crippen LogP contribution in [-0.2, 0) is 14.3 Å².